The van der Waals surface area contributed by atoms with Crippen molar-refractivity contribution in [1.82, 2.24) is 5.32 Å². The lowest BCUT2D eigenvalue weighted by molar-refractivity contribution is 0.544. The van der Waals surface area contributed by atoms with Crippen molar-refractivity contribution in [2.45, 2.75) is 18.6 Å². The standard InChI is InChI=1S/C12H16BrNO2S/c1-9-2-3-10(7-12(9)13)6-11-8-14-4-5-17(11,15)16/h2-3,7,11,14H,4-6,8H2,1H3. The quantitative estimate of drug-likeness (QED) is 0.903. The SMILES string of the molecule is Cc1ccc(CC2CNCCS2(=O)=O)cc1Br. The van der Waals surface area contributed by atoms with Gasteiger partial charge in [0.15, 0.2) is 9.84 Å². The highest BCUT2D eigenvalue weighted by atomic mass is 79.9. The fourth-order valence-electron chi connectivity index (χ4n) is 2.00. The molecule has 2 rings (SSSR count). The van der Waals surface area contributed by atoms with Crippen molar-refractivity contribution in [2.24, 2.45) is 0 Å². The van der Waals surface area contributed by atoms with Crippen LogP contribution in [0.5, 0.6) is 0 Å². The highest BCUT2D eigenvalue weighted by Crippen LogP contribution is 2.20. The summed E-state index contributed by atoms with van der Waals surface area (Å²) in [5, 5.41) is 2.86. The van der Waals surface area contributed by atoms with Crippen LogP contribution >= 0.6 is 15.9 Å². The number of hydrogen-bond donors (Lipinski definition) is 1. The molecule has 0 saturated carbocycles. The first kappa shape index (κ1) is 13.1. The largest absolute Gasteiger partial charge is 0.314 e. The Kier molecular flexibility index (Phi) is 3.90. The predicted molar refractivity (Wildman–Crippen MR) is 73.0 cm³/mol. The van der Waals surface area contributed by atoms with Crippen LogP contribution in [0.4, 0.5) is 0 Å². The zero-order valence-corrected chi connectivity index (χ0v) is 12.1. The Balaban J connectivity index is 2.17. The molecular weight excluding hydrogens is 302 g/mol. The lowest BCUT2D eigenvalue weighted by Gasteiger charge is -2.23. The van der Waals surface area contributed by atoms with E-state index in [2.05, 4.69) is 21.2 Å². The number of hydrogen-bond acceptors (Lipinski definition) is 3. The van der Waals surface area contributed by atoms with E-state index < -0.39 is 9.84 Å². The van der Waals surface area contributed by atoms with Gasteiger partial charge in [0.05, 0.1) is 11.0 Å². The molecule has 0 amide bonds. The molecule has 0 spiro atoms. The topological polar surface area (TPSA) is 46.2 Å². The highest BCUT2D eigenvalue weighted by molar-refractivity contribution is 9.10. The van der Waals surface area contributed by atoms with E-state index in [4.69, 9.17) is 0 Å². The van der Waals surface area contributed by atoms with E-state index in [0.29, 0.717) is 19.5 Å². The molecule has 0 radical (unpaired) electrons. The number of halogens is 1. The van der Waals surface area contributed by atoms with Crippen molar-refractivity contribution in [3.05, 3.63) is 33.8 Å². The summed E-state index contributed by atoms with van der Waals surface area (Å²) in [6.07, 6.45) is 0.591. The molecule has 1 aromatic rings. The molecular formula is C12H16BrNO2S. The van der Waals surface area contributed by atoms with Crippen LogP contribution in [-0.2, 0) is 16.3 Å². The fraction of sp³-hybridized carbons (Fsp3) is 0.500. The van der Waals surface area contributed by atoms with Crippen LogP contribution in [-0.4, -0.2) is 32.5 Å². The molecule has 1 aromatic carbocycles. The van der Waals surface area contributed by atoms with Gasteiger partial charge < -0.3 is 5.32 Å². The van der Waals surface area contributed by atoms with Crippen molar-refractivity contribution in [1.29, 1.82) is 0 Å². The maximum Gasteiger partial charge on any atom is 0.155 e. The van der Waals surface area contributed by atoms with Gasteiger partial charge in [-0.3, -0.25) is 0 Å². The number of benzene rings is 1. The summed E-state index contributed by atoms with van der Waals surface area (Å²) in [6, 6.07) is 6.03. The van der Waals surface area contributed by atoms with Crippen LogP contribution in [0.15, 0.2) is 22.7 Å². The molecule has 0 bridgehead atoms. The minimum Gasteiger partial charge on any atom is -0.314 e. The number of aryl methyl sites for hydroxylation is 1. The molecule has 0 aromatic heterocycles. The van der Waals surface area contributed by atoms with Crippen LogP contribution in [0.2, 0.25) is 0 Å². The molecule has 1 atom stereocenters. The van der Waals surface area contributed by atoms with Crippen molar-refractivity contribution < 1.29 is 8.42 Å². The maximum absolute atomic E-state index is 11.9. The third kappa shape index (κ3) is 3.09. The molecule has 1 heterocycles. The highest BCUT2D eigenvalue weighted by Gasteiger charge is 2.28. The van der Waals surface area contributed by atoms with E-state index in [-0.39, 0.29) is 11.0 Å². The number of nitrogens with one attached hydrogen (secondary N) is 1. The van der Waals surface area contributed by atoms with Gasteiger partial charge in [0.25, 0.3) is 0 Å². The first-order valence-electron chi connectivity index (χ1n) is 5.66. The van der Waals surface area contributed by atoms with Gasteiger partial charge in [0, 0.05) is 17.6 Å². The molecule has 17 heavy (non-hydrogen) atoms. The lowest BCUT2D eigenvalue weighted by atomic mass is 10.1. The maximum atomic E-state index is 11.9. The van der Waals surface area contributed by atoms with Crippen LogP contribution < -0.4 is 5.32 Å². The van der Waals surface area contributed by atoms with E-state index in [1.165, 1.54) is 5.56 Å². The zero-order valence-electron chi connectivity index (χ0n) is 9.74. The van der Waals surface area contributed by atoms with Crippen molar-refractivity contribution in [3.63, 3.8) is 0 Å². The molecule has 5 heteroatoms. The van der Waals surface area contributed by atoms with Crippen molar-refractivity contribution in [2.75, 3.05) is 18.8 Å². The molecule has 1 saturated heterocycles. The average molecular weight is 318 g/mol. The molecule has 1 unspecified atom stereocenters. The monoisotopic (exact) mass is 317 g/mol. The van der Waals surface area contributed by atoms with Crippen molar-refractivity contribution in [3.8, 4) is 0 Å². The summed E-state index contributed by atoms with van der Waals surface area (Å²) >= 11 is 3.47. The molecule has 94 valence electrons. The second kappa shape index (κ2) is 5.08. The Morgan fingerprint density at radius 1 is 1.47 bits per heavy atom. The summed E-state index contributed by atoms with van der Waals surface area (Å²) in [5.74, 6) is 0.255. The van der Waals surface area contributed by atoms with Crippen LogP contribution in [0.25, 0.3) is 0 Å². The Morgan fingerprint density at radius 2 is 2.24 bits per heavy atom. The summed E-state index contributed by atoms with van der Waals surface area (Å²) in [6.45, 7) is 3.16. The summed E-state index contributed by atoms with van der Waals surface area (Å²) < 4.78 is 24.8. The van der Waals surface area contributed by atoms with E-state index in [1.54, 1.807) is 0 Å². The van der Waals surface area contributed by atoms with Gasteiger partial charge in [-0.15, -0.1) is 0 Å². The average Bonchev–Trinajstić information content (AvgIpc) is 2.26. The van der Waals surface area contributed by atoms with Gasteiger partial charge in [-0.1, -0.05) is 28.1 Å². The minimum atomic E-state index is -2.92. The van der Waals surface area contributed by atoms with E-state index in [0.717, 1.165) is 10.0 Å². The third-order valence-corrected chi connectivity index (χ3v) is 6.12. The van der Waals surface area contributed by atoms with Crippen LogP contribution in [0.1, 0.15) is 11.1 Å². The van der Waals surface area contributed by atoms with Gasteiger partial charge in [-0.05, 0) is 30.5 Å². The molecule has 1 aliphatic rings. The molecule has 0 aliphatic carbocycles. The minimum absolute atomic E-state index is 0.255. The Labute approximate surface area is 111 Å². The molecule has 1 N–H and O–H groups in total. The third-order valence-electron chi connectivity index (χ3n) is 3.14. The Hall–Kier alpha value is -0.390. The Morgan fingerprint density at radius 3 is 2.88 bits per heavy atom. The second-order valence-corrected chi connectivity index (χ2v) is 7.74. The lowest BCUT2D eigenvalue weighted by Crippen LogP contribution is -2.44. The first-order chi connectivity index (χ1) is 7.99. The summed E-state index contributed by atoms with van der Waals surface area (Å²) in [7, 11) is -2.92. The second-order valence-electron chi connectivity index (χ2n) is 4.48. The summed E-state index contributed by atoms with van der Waals surface area (Å²) in [5.41, 5.74) is 2.23. The fourth-order valence-corrected chi connectivity index (χ4v) is 4.00. The molecule has 1 fully saturated rings. The first-order valence-corrected chi connectivity index (χ1v) is 8.17. The molecule has 1 aliphatic heterocycles. The van der Waals surface area contributed by atoms with E-state index in [9.17, 15) is 8.42 Å². The van der Waals surface area contributed by atoms with Gasteiger partial charge >= 0.3 is 0 Å². The Bertz CT molecular complexity index is 513. The van der Waals surface area contributed by atoms with Gasteiger partial charge in [-0.25, -0.2) is 8.42 Å². The number of rotatable bonds is 2. The van der Waals surface area contributed by atoms with Gasteiger partial charge in [-0.2, -0.15) is 0 Å². The van der Waals surface area contributed by atoms with Gasteiger partial charge in [0.1, 0.15) is 0 Å². The van der Waals surface area contributed by atoms with Crippen molar-refractivity contribution >= 4 is 25.8 Å². The predicted octanol–water partition coefficient (Wildman–Crippen LogP) is 1.69. The normalized spacial score (nSPS) is 23.5. The van der Waals surface area contributed by atoms with E-state index >= 15 is 0 Å². The molecule has 3 nitrogen and oxygen atoms in total. The van der Waals surface area contributed by atoms with Crippen LogP contribution in [0, 0.1) is 6.92 Å². The van der Waals surface area contributed by atoms with E-state index in [1.807, 2.05) is 25.1 Å². The smallest absolute Gasteiger partial charge is 0.155 e. The number of sulfone groups is 1. The van der Waals surface area contributed by atoms with Crippen LogP contribution in [0.3, 0.4) is 0 Å². The zero-order chi connectivity index (χ0) is 12.5. The van der Waals surface area contributed by atoms with Gasteiger partial charge in [0.2, 0.25) is 0 Å². The summed E-state index contributed by atoms with van der Waals surface area (Å²) in [4.78, 5) is 0.